The molecule has 0 bridgehead atoms. The maximum absolute atomic E-state index is 12.9. The van der Waals surface area contributed by atoms with E-state index in [4.69, 9.17) is 4.42 Å². The number of para-hydroxylation sites is 2. The van der Waals surface area contributed by atoms with Crippen molar-refractivity contribution in [3.05, 3.63) is 60.2 Å². The molecule has 1 atom stereocenters. The van der Waals surface area contributed by atoms with Gasteiger partial charge in [-0.1, -0.05) is 54.2 Å². The Morgan fingerprint density at radius 2 is 1.92 bits per heavy atom. The Morgan fingerprint density at radius 1 is 1.15 bits per heavy atom. The molecule has 26 heavy (non-hydrogen) atoms. The summed E-state index contributed by atoms with van der Waals surface area (Å²) < 4.78 is 5.71. The number of hydrogen-bond acceptors (Lipinski definition) is 5. The Kier molecular flexibility index (Phi) is 4.95. The maximum Gasteiger partial charge on any atom is 0.257 e. The van der Waals surface area contributed by atoms with Crippen molar-refractivity contribution in [1.29, 1.82) is 0 Å². The van der Waals surface area contributed by atoms with Crippen LogP contribution >= 0.6 is 11.8 Å². The second kappa shape index (κ2) is 7.51. The summed E-state index contributed by atoms with van der Waals surface area (Å²) >= 11 is 1.36. The van der Waals surface area contributed by atoms with Crippen LogP contribution in [0.25, 0.3) is 11.1 Å². The minimum absolute atomic E-state index is 0.0895. The van der Waals surface area contributed by atoms with Crippen molar-refractivity contribution in [2.45, 2.75) is 11.3 Å². The molecular weight excluding hydrogens is 346 g/mol. The summed E-state index contributed by atoms with van der Waals surface area (Å²) in [5.41, 5.74) is 2.76. The molecule has 1 amide bonds. The minimum Gasteiger partial charge on any atom is -0.431 e. The van der Waals surface area contributed by atoms with Gasteiger partial charge in [0, 0.05) is 19.6 Å². The highest BCUT2D eigenvalue weighted by Gasteiger charge is 2.30. The molecule has 1 aromatic heterocycles. The highest BCUT2D eigenvalue weighted by Crippen LogP contribution is 2.28. The van der Waals surface area contributed by atoms with Gasteiger partial charge in [-0.15, -0.1) is 0 Å². The summed E-state index contributed by atoms with van der Waals surface area (Å²) in [7, 11) is 2.10. The number of oxazole rings is 1. The fourth-order valence-electron chi connectivity index (χ4n) is 3.30. The lowest BCUT2D eigenvalue weighted by molar-refractivity contribution is -0.133. The van der Waals surface area contributed by atoms with Crippen molar-refractivity contribution >= 4 is 28.8 Å². The van der Waals surface area contributed by atoms with Gasteiger partial charge >= 0.3 is 0 Å². The van der Waals surface area contributed by atoms with Crippen LogP contribution in [-0.2, 0) is 4.79 Å². The highest BCUT2D eigenvalue weighted by molar-refractivity contribution is 7.99. The van der Waals surface area contributed by atoms with E-state index in [1.807, 2.05) is 47.4 Å². The predicted octanol–water partition coefficient (Wildman–Crippen LogP) is 3.44. The van der Waals surface area contributed by atoms with E-state index < -0.39 is 0 Å². The van der Waals surface area contributed by atoms with E-state index in [0.717, 1.165) is 30.7 Å². The molecule has 0 N–H and O–H groups in total. The average molecular weight is 367 g/mol. The molecule has 1 aliphatic rings. The molecular formula is C20H21N3O2S. The van der Waals surface area contributed by atoms with Gasteiger partial charge in [0.05, 0.1) is 11.8 Å². The fourth-order valence-corrected chi connectivity index (χ4v) is 4.02. The molecule has 3 aromatic rings. The first-order valence-electron chi connectivity index (χ1n) is 8.72. The molecule has 6 heteroatoms. The number of benzene rings is 2. The lowest BCUT2D eigenvalue weighted by Crippen LogP contribution is -2.49. The van der Waals surface area contributed by atoms with Crippen molar-refractivity contribution in [2.75, 3.05) is 32.4 Å². The number of likely N-dealkylation sites (N-methyl/N-ethyl adjacent to an activating group) is 1. The topological polar surface area (TPSA) is 49.6 Å². The normalized spacial score (nSPS) is 18.3. The molecule has 1 aliphatic heterocycles. The Hall–Kier alpha value is -2.31. The van der Waals surface area contributed by atoms with Crippen LogP contribution in [0.5, 0.6) is 0 Å². The van der Waals surface area contributed by atoms with E-state index in [1.165, 1.54) is 17.3 Å². The molecule has 0 unspecified atom stereocenters. The fraction of sp³-hybridized carbons (Fsp3) is 0.300. The van der Waals surface area contributed by atoms with Crippen molar-refractivity contribution in [1.82, 2.24) is 14.8 Å². The number of rotatable bonds is 4. The number of fused-ring (bicyclic) bond motifs is 1. The number of hydrogen-bond donors (Lipinski definition) is 0. The smallest absolute Gasteiger partial charge is 0.257 e. The van der Waals surface area contributed by atoms with Crippen molar-refractivity contribution in [3.8, 4) is 0 Å². The van der Waals surface area contributed by atoms with Gasteiger partial charge in [0.25, 0.3) is 5.22 Å². The van der Waals surface area contributed by atoms with E-state index in [1.54, 1.807) is 0 Å². The number of amides is 1. The van der Waals surface area contributed by atoms with E-state index in [-0.39, 0.29) is 11.9 Å². The number of piperazine rings is 1. The molecule has 134 valence electrons. The van der Waals surface area contributed by atoms with E-state index in [0.29, 0.717) is 11.0 Å². The zero-order chi connectivity index (χ0) is 17.9. The van der Waals surface area contributed by atoms with E-state index in [9.17, 15) is 4.79 Å². The SMILES string of the molecule is CN1CCN(C(=O)CSc2nc3ccccc3o2)[C@@H](c2ccccc2)C1. The standard InChI is InChI=1S/C20H21N3O2S/c1-22-11-12-23(17(13-22)15-7-3-2-4-8-15)19(24)14-26-20-21-16-9-5-6-10-18(16)25-20/h2-10,17H,11-14H2,1H3/t17-/m1/s1. The molecule has 0 aliphatic carbocycles. The van der Waals surface area contributed by atoms with Crippen LogP contribution in [0.2, 0.25) is 0 Å². The lowest BCUT2D eigenvalue weighted by atomic mass is 10.0. The van der Waals surface area contributed by atoms with Crippen molar-refractivity contribution < 1.29 is 9.21 Å². The van der Waals surface area contributed by atoms with Gasteiger partial charge < -0.3 is 14.2 Å². The summed E-state index contributed by atoms with van der Waals surface area (Å²) in [5.74, 6) is 0.457. The van der Waals surface area contributed by atoms with Gasteiger partial charge in [-0.2, -0.15) is 0 Å². The van der Waals surface area contributed by atoms with Gasteiger partial charge in [-0.05, 0) is 24.7 Å². The summed E-state index contributed by atoms with van der Waals surface area (Å²) in [5, 5.41) is 0.546. The molecule has 4 rings (SSSR count). The number of thioether (sulfide) groups is 1. The molecule has 0 radical (unpaired) electrons. The third-order valence-corrected chi connectivity index (χ3v) is 5.49. The molecule has 2 aromatic carbocycles. The Bertz CT molecular complexity index is 863. The number of nitrogens with zero attached hydrogens (tertiary/aromatic N) is 3. The molecule has 1 fully saturated rings. The van der Waals surface area contributed by atoms with Crippen LogP contribution in [0, 0.1) is 0 Å². The van der Waals surface area contributed by atoms with Gasteiger partial charge in [-0.25, -0.2) is 4.98 Å². The highest BCUT2D eigenvalue weighted by atomic mass is 32.2. The van der Waals surface area contributed by atoms with Crippen molar-refractivity contribution in [3.63, 3.8) is 0 Å². The largest absolute Gasteiger partial charge is 0.431 e. The molecule has 2 heterocycles. The third kappa shape index (κ3) is 3.61. The zero-order valence-electron chi connectivity index (χ0n) is 14.7. The van der Waals surface area contributed by atoms with Gasteiger partial charge in [0.1, 0.15) is 5.52 Å². The number of carbonyl (C=O) groups excluding carboxylic acids is 1. The molecule has 1 saturated heterocycles. The second-order valence-corrected chi connectivity index (χ2v) is 7.44. The maximum atomic E-state index is 12.9. The number of carbonyl (C=O) groups is 1. The summed E-state index contributed by atoms with van der Waals surface area (Å²) in [4.78, 5) is 21.6. The second-order valence-electron chi connectivity index (χ2n) is 6.51. The number of aromatic nitrogens is 1. The summed E-state index contributed by atoms with van der Waals surface area (Å²) in [6.07, 6.45) is 0. The van der Waals surface area contributed by atoms with E-state index in [2.05, 4.69) is 29.1 Å². The molecule has 0 saturated carbocycles. The van der Waals surface area contributed by atoms with Crippen LogP contribution in [-0.4, -0.2) is 53.1 Å². The van der Waals surface area contributed by atoms with Crippen LogP contribution in [0.4, 0.5) is 0 Å². The summed E-state index contributed by atoms with van der Waals surface area (Å²) in [6.45, 7) is 2.48. The monoisotopic (exact) mass is 367 g/mol. The first-order valence-corrected chi connectivity index (χ1v) is 9.70. The minimum atomic E-state index is 0.0895. The Labute approximate surface area is 157 Å². The van der Waals surface area contributed by atoms with Gasteiger partial charge in [0.15, 0.2) is 5.58 Å². The van der Waals surface area contributed by atoms with Crippen LogP contribution in [0.15, 0.2) is 64.2 Å². The molecule has 0 spiro atoms. The quantitative estimate of drug-likeness (QED) is 0.661. The Morgan fingerprint density at radius 3 is 2.73 bits per heavy atom. The molecule has 5 nitrogen and oxygen atoms in total. The first-order chi connectivity index (χ1) is 12.7. The summed E-state index contributed by atoms with van der Waals surface area (Å²) in [6, 6.07) is 18.0. The van der Waals surface area contributed by atoms with Gasteiger partial charge in [0.2, 0.25) is 5.91 Å². The first kappa shape index (κ1) is 17.1. The third-order valence-electron chi connectivity index (χ3n) is 4.68. The van der Waals surface area contributed by atoms with Gasteiger partial charge in [-0.3, -0.25) is 4.79 Å². The Balaban J connectivity index is 1.46. The van der Waals surface area contributed by atoms with Crippen LogP contribution < -0.4 is 0 Å². The van der Waals surface area contributed by atoms with E-state index >= 15 is 0 Å². The van der Waals surface area contributed by atoms with Crippen LogP contribution in [0.1, 0.15) is 11.6 Å². The van der Waals surface area contributed by atoms with Crippen molar-refractivity contribution in [2.24, 2.45) is 0 Å². The predicted molar refractivity (Wildman–Crippen MR) is 103 cm³/mol. The lowest BCUT2D eigenvalue weighted by Gasteiger charge is -2.40. The zero-order valence-corrected chi connectivity index (χ0v) is 15.5. The average Bonchev–Trinajstić information content (AvgIpc) is 3.10. The van der Waals surface area contributed by atoms with Crippen LogP contribution in [0.3, 0.4) is 0 Å².